The standard InChI is InChI=1S/C10H13NO/c1-12-9-4-2-3-8(7-9)10-5-6-11-10/h2-4,7,10-11H,5-6H2,1H3/t10-/m0/s1. The zero-order valence-electron chi connectivity index (χ0n) is 7.21. The van der Waals surface area contributed by atoms with Gasteiger partial charge in [0.25, 0.3) is 0 Å². The van der Waals surface area contributed by atoms with Gasteiger partial charge in [0.1, 0.15) is 5.75 Å². The average molecular weight is 163 g/mol. The monoisotopic (exact) mass is 163 g/mol. The number of nitrogens with one attached hydrogen (secondary N) is 1. The fourth-order valence-electron chi connectivity index (χ4n) is 1.43. The Labute approximate surface area is 72.5 Å². The van der Waals surface area contributed by atoms with Crippen molar-refractivity contribution in [2.24, 2.45) is 0 Å². The van der Waals surface area contributed by atoms with Crippen LogP contribution in [0.2, 0.25) is 0 Å². The van der Waals surface area contributed by atoms with Gasteiger partial charge in [0, 0.05) is 6.04 Å². The van der Waals surface area contributed by atoms with E-state index < -0.39 is 0 Å². The first-order valence-electron chi connectivity index (χ1n) is 4.27. The molecule has 0 saturated carbocycles. The molecular formula is C10H13NO. The topological polar surface area (TPSA) is 21.3 Å². The van der Waals surface area contributed by atoms with Gasteiger partial charge in [0.2, 0.25) is 0 Å². The Morgan fingerprint density at radius 2 is 2.33 bits per heavy atom. The van der Waals surface area contributed by atoms with Gasteiger partial charge in [0.15, 0.2) is 0 Å². The normalized spacial score (nSPS) is 21.6. The lowest BCUT2D eigenvalue weighted by molar-refractivity contribution is 0.378. The highest BCUT2D eigenvalue weighted by atomic mass is 16.5. The fourth-order valence-corrected chi connectivity index (χ4v) is 1.43. The second kappa shape index (κ2) is 3.15. The third-order valence-electron chi connectivity index (χ3n) is 2.32. The number of hydrogen-bond donors (Lipinski definition) is 1. The molecule has 1 aliphatic rings. The van der Waals surface area contributed by atoms with Crippen LogP contribution >= 0.6 is 0 Å². The summed E-state index contributed by atoms with van der Waals surface area (Å²) in [5.74, 6) is 0.946. The molecule has 1 aliphatic heterocycles. The Hall–Kier alpha value is -1.02. The van der Waals surface area contributed by atoms with Crippen molar-refractivity contribution in [3.63, 3.8) is 0 Å². The smallest absolute Gasteiger partial charge is 0.119 e. The SMILES string of the molecule is COc1cccc([C@@H]2CCN2)c1. The van der Waals surface area contributed by atoms with Crippen LogP contribution in [0.3, 0.4) is 0 Å². The summed E-state index contributed by atoms with van der Waals surface area (Å²) in [6, 6.07) is 8.80. The van der Waals surface area contributed by atoms with Crippen molar-refractivity contribution in [3.05, 3.63) is 29.8 Å². The zero-order valence-corrected chi connectivity index (χ0v) is 7.21. The van der Waals surface area contributed by atoms with Gasteiger partial charge in [-0.25, -0.2) is 0 Å². The first-order chi connectivity index (χ1) is 5.90. The molecule has 0 amide bonds. The molecule has 64 valence electrons. The van der Waals surface area contributed by atoms with Crippen LogP contribution in [0.4, 0.5) is 0 Å². The van der Waals surface area contributed by atoms with Crippen LogP contribution in [-0.4, -0.2) is 13.7 Å². The molecule has 0 radical (unpaired) electrons. The van der Waals surface area contributed by atoms with E-state index in [-0.39, 0.29) is 0 Å². The van der Waals surface area contributed by atoms with E-state index in [1.54, 1.807) is 7.11 Å². The molecule has 1 aromatic carbocycles. The van der Waals surface area contributed by atoms with Crippen molar-refractivity contribution in [2.75, 3.05) is 13.7 Å². The van der Waals surface area contributed by atoms with E-state index in [4.69, 9.17) is 4.74 Å². The second-order valence-electron chi connectivity index (χ2n) is 3.07. The number of benzene rings is 1. The number of ether oxygens (including phenoxy) is 1. The molecule has 2 nitrogen and oxygen atoms in total. The van der Waals surface area contributed by atoms with Crippen LogP contribution in [0.5, 0.6) is 5.75 Å². The molecule has 1 aromatic rings. The van der Waals surface area contributed by atoms with E-state index in [1.165, 1.54) is 12.0 Å². The van der Waals surface area contributed by atoms with Crippen molar-refractivity contribution >= 4 is 0 Å². The first-order valence-corrected chi connectivity index (χ1v) is 4.27. The number of methoxy groups -OCH3 is 1. The molecule has 0 unspecified atom stereocenters. The highest BCUT2D eigenvalue weighted by Crippen LogP contribution is 2.25. The van der Waals surface area contributed by atoms with Gasteiger partial charge >= 0.3 is 0 Å². The van der Waals surface area contributed by atoms with E-state index in [0.717, 1.165) is 12.3 Å². The van der Waals surface area contributed by atoms with Crippen LogP contribution in [0.1, 0.15) is 18.0 Å². The fraction of sp³-hybridized carbons (Fsp3) is 0.400. The molecule has 1 saturated heterocycles. The van der Waals surface area contributed by atoms with E-state index in [9.17, 15) is 0 Å². The predicted molar refractivity (Wildman–Crippen MR) is 48.4 cm³/mol. The summed E-state index contributed by atoms with van der Waals surface area (Å²) in [6.45, 7) is 1.14. The summed E-state index contributed by atoms with van der Waals surface area (Å²) >= 11 is 0. The molecular weight excluding hydrogens is 150 g/mol. The molecule has 2 heteroatoms. The number of hydrogen-bond acceptors (Lipinski definition) is 2. The molecule has 1 fully saturated rings. The van der Waals surface area contributed by atoms with Crippen molar-refractivity contribution in [1.29, 1.82) is 0 Å². The Morgan fingerprint density at radius 3 is 2.92 bits per heavy atom. The summed E-state index contributed by atoms with van der Waals surface area (Å²) in [4.78, 5) is 0. The zero-order chi connectivity index (χ0) is 8.39. The number of rotatable bonds is 2. The van der Waals surface area contributed by atoms with Gasteiger partial charge in [-0.2, -0.15) is 0 Å². The maximum atomic E-state index is 5.15. The Bertz CT molecular complexity index is 268. The van der Waals surface area contributed by atoms with Gasteiger partial charge in [-0.3, -0.25) is 0 Å². The molecule has 12 heavy (non-hydrogen) atoms. The molecule has 0 aromatic heterocycles. The third-order valence-corrected chi connectivity index (χ3v) is 2.32. The molecule has 0 aliphatic carbocycles. The Balaban J connectivity index is 2.19. The van der Waals surface area contributed by atoms with Crippen molar-refractivity contribution in [2.45, 2.75) is 12.5 Å². The summed E-state index contributed by atoms with van der Waals surface area (Å²) in [5.41, 5.74) is 1.33. The third kappa shape index (κ3) is 1.30. The van der Waals surface area contributed by atoms with E-state index in [0.29, 0.717) is 6.04 Å². The maximum absolute atomic E-state index is 5.15. The molecule has 0 spiro atoms. The van der Waals surface area contributed by atoms with Gasteiger partial charge in [-0.1, -0.05) is 12.1 Å². The van der Waals surface area contributed by atoms with Crippen LogP contribution in [0.15, 0.2) is 24.3 Å². The van der Waals surface area contributed by atoms with Crippen LogP contribution in [-0.2, 0) is 0 Å². The summed E-state index contributed by atoms with van der Waals surface area (Å²) in [5, 5.41) is 3.36. The van der Waals surface area contributed by atoms with Gasteiger partial charge in [-0.15, -0.1) is 0 Å². The van der Waals surface area contributed by atoms with E-state index >= 15 is 0 Å². The second-order valence-corrected chi connectivity index (χ2v) is 3.07. The van der Waals surface area contributed by atoms with Crippen LogP contribution in [0, 0.1) is 0 Å². The maximum Gasteiger partial charge on any atom is 0.119 e. The largest absolute Gasteiger partial charge is 0.497 e. The van der Waals surface area contributed by atoms with Gasteiger partial charge < -0.3 is 10.1 Å². The molecule has 1 N–H and O–H groups in total. The first kappa shape index (κ1) is 7.62. The Kier molecular flexibility index (Phi) is 2.00. The molecule has 0 bridgehead atoms. The van der Waals surface area contributed by atoms with E-state index in [1.807, 2.05) is 12.1 Å². The minimum Gasteiger partial charge on any atom is -0.497 e. The quantitative estimate of drug-likeness (QED) is 0.717. The lowest BCUT2D eigenvalue weighted by atomic mass is 9.98. The van der Waals surface area contributed by atoms with Crippen molar-refractivity contribution < 1.29 is 4.74 Å². The van der Waals surface area contributed by atoms with Gasteiger partial charge in [-0.05, 0) is 30.7 Å². The van der Waals surface area contributed by atoms with E-state index in [2.05, 4.69) is 17.4 Å². The van der Waals surface area contributed by atoms with Crippen LogP contribution < -0.4 is 10.1 Å². The van der Waals surface area contributed by atoms with Gasteiger partial charge in [0.05, 0.1) is 7.11 Å². The lowest BCUT2D eigenvalue weighted by Gasteiger charge is -2.28. The minimum atomic E-state index is 0.556. The molecule has 1 heterocycles. The molecule has 1 atom stereocenters. The summed E-state index contributed by atoms with van der Waals surface area (Å²) in [6.07, 6.45) is 1.24. The minimum absolute atomic E-state index is 0.556. The van der Waals surface area contributed by atoms with Crippen molar-refractivity contribution in [1.82, 2.24) is 5.32 Å². The highest BCUT2D eigenvalue weighted by molar-refractivity contribution is 5.31. The lowest BCUT2D eigenvalue weighted by Crippen LogP contribution is -2.34. The highest BCUT2D eigenvalue weighted by Gasteiger charge is 2.18. The Morgan fingerprint density at radius 1 is 1.50 bits per heavy atom. The molecule has 2 rings (SSSR count). The summed E-state index contributed by atoms with van der Waals surface area (Å²) < 4.78 is 5.15. The van der Waals surface area contributed by atoms with Crippen molar-refractivity contribution in [3.8, 4) is 5.75 Å². The summed E-state index contributed by atoms with van der Waals surface area (Å²) in [7, 11) is 1.70. The average Bonchev–Trinajstić information content (AvgIpc) is 2.02. The predicted octanol–water partition coefficient (Wildman–Crippen LogP) is 1.73. The van der Waals surface area contributed by atoms with Crippen LogP contribution in [0.25, 0.3) is 0 Å².